The van der Waals surface area contributed by atoms with Crippen molar-refractivity contribution in [3.63, 3.8) is 0 Å². The monoisotopic (exact) mass is 316 g/mol. The molecule has 0 aromatic heterocycles. The molecule has 0 saturated carbocycles. The van der Waals surface area contributed by atoms with Crippen LogP contribution in [0.2, 0.25) is 0 Å². The van der Waals surface area contributed by atoms with E-state index < -0.39 is 23.5 Å². The molecule has 0 atom stereocenters. The highest BCUT2D eigenvalue weighted by Gasteiger charge is 2.14. The van der Waals surface area contributed by atoms with Crippen molar-refractivity contribution >= 4 is 27.3 Å². The van der Waals surface area contributed by atoms with Crippen LogP contribution in [0.1, 0.15) is 12.0 Å². The van der Waals surface area contributed by atoms with Crippen molar-refractivity contribution in [1.29, 1.82) is 10.5 Å². The molecule has 0 radical (unpaired) electrons. The summed E-state index contributed by atoms with van der Waals surface area (Å²) < 4.78 is 38.2. The van der Waals surface area contributed by atoms with E-state index in [0.29, 0.717) is 6.07 Å². The molecule has 0 bridgehead atoms. The third-order valence-corrected chi connectivity index (χ3v) is 2.43. The van der Waals surface area contributed by atoms with Crippen LogP contribution >= 0.6 is 15.9 Å². The Morgan fingerprint density at radius 2 is 1.94 bits per heavy atom. The Labute approximate surface area is 108 Å². The summed E-state index contributed by atoms with van der Waals surface area (Å²) >= 11 is 2.89. The van der Waals surface area contributed by atoms with Gasteiger partial charge in [0.1, 0.15) is 23.6 Å². The van der Waals surface area contributed by atoms with Crippen molar-refractivity contribution < 1.29 is 13.2 Å². The summed E-state index contributed by atoms with van der Waals surface area (Å²) in [6, 6.07) is 4.58. The van der Waals surface area contributed by atoms with Gasteiger partial charge in [-0.2, -0.15) is 15.6 Å². The van der Waals surface area contributed by atoms with E-state index in [1.165, 1.54) is 12.1 Å². The second-order valence-corrected chi connectivity index (χ2v) is 3.81. The van der Waals surface area contributed by atoms with Crippen LogP contribution < -0.4 is 5.43 Å². The minimum absolute atomic E-state index is 0.0109. The predicted molar refractivity (Wildman–Crippen MR) is 61.3 cm³/mol. The molecule has 0 aliphatic heterocycles. The summed E-state index contributed by atoms with van der Waals surface area (Å²) in [7, 11) is 0. The molecule has 1 N–H and O–H groups in total. The summed E-state index contributed by atoms with van der Waals surface area (Å²) in [5.41, 5.74) is 0.886. The zero-order chi connectivity index (χ0) is 13.7. The lowest BCUT2D eigenvalue weighted by atomic mass is 10.2. The van der Waals surface area contributed by atoms with Gasteiger partial charge in [0.05, 0.1) is 0 Å². The molecule has 92 valence electrons. The Hall–Kier alpha value is -2.06. The average Bonchev–Trinajstić information content (AvgIpc) is 2.32. The minimum Gasteiger partial charge on any atom is -0.272 e. The summed E-state index contributed by atoms with van der Waals surface area (Å²) in [4.78, 5) is 0. The molecule has 0 aliphatic rings. The minimum atomic E-state index is -2.80. The van der Waals surface area contributed by atoms with Crippen molar-refractivity contribution in [2.24, 2.45) is 5.10 Å². The highest BCUT2D eigenvalue weighted by atomic mass is 79.9. The van der Waals surface area contributed by atoms with Gasteiger partial charge in [-0.3, -0.25) is 5.43 Å². The van der Waals surface area contributed by atoms with E-state index in [9.17, 15) is 13.2 Å². The van der Waals surface area contributed by atoms with E-state index in [0.717, 1.165) is 6.07 Å². The Bertz CT molecular complexity index is 532. The van der Waals surface area contributed by atoms with Gasteiger partial charge in [0, 0.05) is 10.0 Å². The van der Waals surface area contributed by atoms with E-state index in [1.54, 1.807) is 0 Å². The SMILES string of the molecule is N#CC(C#N)=NNc1c(F)cc(C(F)F)cc1Br. The maximum Gasteiger partial charge on any atom is 0.263 e. The number of benzene rings is 1. The maximum absolute atomic E-state index is 13.5. The summed E-state index contributed by atoms with van der Waals surface area (Å²) in [6.45, 7) is 0. The molecule has 1 aromatic carbocycles. The molecule has 8 heteroatoms. The molecule has 0 spiro atoms. The second-order valence-electron chi connectivity index (χ2n) is 2.96. The highest BCUT2D eigenvalue weighted by molar-refractivity contribution is 9.10. The van der Waals surface area contributed by atoms with E-state index in [2.05, 4.69) is 26.5 Å². The smallest absolute Gasteiger partial charge is 0.263 e. The maximum atomic E-state index is 13.5. The fourth-order valence-corrected chi connectivity index (χ4v) is 1.55. The van der Waals surface area contributed by atoms with E-state index in [1.807, 2.05) is 0 Å². The molecule has 18 heavy (non-hydrogen) atoms. The van der Waals surface area contributed by atoms with Crippen LogP contribution in [-0.4, -0.2) is 5.71 Å². The number of nitriles is 2. The molecule has 0 fully saturated rings. The lowest BCUT2D eigenvalue weighted by Crippen LogP contribution is -2.00. The molecule has 4 nitrogen and oxygen atoms in total. The van der Waals surface area contributed by atoms with Gasteiger partial charge in [0.25, 0.3) is 6.43 Å². The first-order valence-corrected chi connectivity index (χ1v) is 5.20. The standard InChI is InChI=1S/C10H4BrF3N4/c11-7-1-5(10(13)14)2-8(12)9(7)18-17-6(3-15)4-16/h1-2,10,18H. The fraction of sp³-hybridized carbons (Fsp3) is 0.100. The molecule has 0 aliphatic carbocycles. The van der Waals surface area contributed by atoms with Crippen LogP contribution in [0.15, 0.2) is 21.7 Å². The van der Waals surface area contributed by atoms with Crippen LogP contribution in [0.5, 0.6) is 0 Å². The first-order chi connectivity index (χ1) is 8.49. The van der Waals surface area contributed by atoms with Crippen LogP contribution in [0.25, 0.3) is 0 Å². The summed E-state index contributed by atoms with van der Waals surface area (Å²) in [5, 5.41) is 20.1. The number of halogens is 4. The van der Waals surface area contributed by atoms with Gasteiger partial charge >= 0.3 is 0 Å². The van der Waals surface area contributed by atoms with Crippen molar-refractivity contribution in [2.75, 3.05) is 5.43 Å². The zero-order valence-electron chi connectivity index (χ0n) is 8.59. The molecule has 1 rings (SSSR count). The Kier molecular flexibility index (Phi) is 4.69. The van der Waals surface area contributed by atoms with Crippen LogP contribution in [-0.2, 0) is 0 Å². The van der Waals surface area contributed by atoms with E-state index in [4.69, 9.17) is 10.5 Å². The number of hydrogen-bond acceptors (Lipinski definition) is 4. The Morgan fingerprint density at radius 1 is 1.33 bits per heavy atom. The highest BCUT2D eigenvalue weighted by Crippen LogP contribution is 2.31. The zero-order valence-corrected chi connectivity index (χ0v) is 10.2. The van der Waals surface area contributed by atoms with Gasteiger partial charge in [-0.05, 0) is 28.1 Å². The Balaban J connectivity index is 3.10. The number of anilines is 1. The number of alkyl halides is 2. The number of nitrogens with one attached hydrogen (secondary N) is 1. The van der Waals surface area contributed by atoms with Gasteiger partial charge in [-0.25, -0.2) is 13.2 Å². The average molecular weight is 317 g/mol. The lowest BCUT2D eigenvalue weighted by Gasteiger charge is -2.07. The molecule has 0 saturated heterocycles. The fourth-order valence-electron chi connectivity index (χ4n) is 1.01. The third kappa shape index (κ3) is 3.22. The normalized spacial score (nSPS) is 9.50. The molecular formula is C10H4BrF3N4. The molecule has 0 unspecified atom stereocenters. The quantitative estimate of drug-likeness (QED) is 0.686. The van der Waals surface area contributed by atoms with Gasteiger partial charge in [0.2, 0.25) is 5.71 Å². The lowest BCUT2D eigenvalue weighted by molar-refractivity contribution is 0.151. The van der Waals surface area contributed by atoms with E-state index >= 15 is 0 Å². The third-order valence-electron chi connectivity index (χ3n) is 1.81. The van der Waals surface area contributed by atoms with Crippen molar-refractivity contribution in [2.45, 2.75) is 6.43 Å². The van der Waals surface area contributed by atoms with Crippen molar-refractivity contribution in [1.82, 2.24) is 0 Å². The van der Waals surface area contributed by atoms with E-state index in [-0.39, 0.29) is 10.2 Å². The molecule has 0 amide bonds. The molecule has 1 aromatic rings. The van der Waals surface area contributed by atoms with Crippen molar-refractivity contribution in [3.8, 4) is 12.1 Å². The van der Waals surface area contributed by atoms with Crippen LogP contribution in [0.4, 0.5) is 18.9 Å². The topological polar surface area (TPSA) is 72.0 Å². The van der Waals surface area contributed by atoms with Gasteiger partial charge < -0.3 is 0 Å². The molecule has 0 heterocycles. The number of rotatable bonds is 3. The van der Waals surface area contributed by atoms with Gasteiger partial charge in [-0.15, -0.1) is 0 Å². The number of hydrogen-bond donors (Lipinski definition) is 1. The number of nitrogens with zero attached hydrogens (tertiary/aromatic N) is 3. The molecular weight excluding hydrogens is 313 g/mol. The van der Waals surface area contributed by atoms with Crippen LogP contribution in [0.3, 0.4) is 0 Å². The summed E-state index contributed by atoms with van der Waals surface area (Å²) in [5.74, 6) is -0.973. The second kappa shape index (κ2) is 6.03. The first-order valence-electron chi connectivity index (χ1n) is 4.40. The Morgan fingerprint density at radius 3 is 2.39 bits per heavy atom. The van der Waals surface area contributed by atoms with Gasteiger partial charge in [0.15, 0.2) is 0 Å². The largest absolute Gasteiger partial charge is 0.272 e. The predicted octanol–water partition coefficient (Wildman–Crippen LogP) is 3.34. The first kappa shape index (κ1) is 14.0. The van der Waals surface area contributed by atoms with Crippen molar-refractivity contribution in [3.05, 3.63) is 28.0 Å². The summed E-state index contributed by atoms with van der Waals surface area (Å²) in [6.07, 6.45) is -2.80. The van der Waals surface area contributed by atoms with Gasteiger partial charge in [-0.1, -0.05) is 0 Å². The van der Waals surface area contributed by atoms with Crippen LogP contribution in [0, 0.1) is 28.5 Å². The number of hydrazone groups is 1.